The second-order valence-electron chi connectivity index (χ2n) is 8.69. The molecule has 0 bridgehead atoms. The molecule has 1 atom stereocenters. The summed E-state index contributed by atoms with van der Waals surface area (Å²) in [6, 6.07) is 24.5. The van der Waals surface area contributed by atoms with E-state index in [-0.39, 0.29) is 6.04 Å². The van der Waals surface area contributed by atoms with E-state index in [1.807, 2.05) is 47.4 Å². The fraction of sp³-hybridized carbons (Fsp3) is 0.179. The van der Waals surface area contributed by atoms with Gasteiger partial charge in [0.2, 0.25) is 5.82 Å². The lowest BCUT2D eigenvalue weighted by Crippen LogP contribution is -2.46. The van der Waals surface area contributed by atoms with Crippen LogP contribution in [0.25, 0.3) is 17.0 Å². The van der Waals surface area contributed by atoms with Crippen LogP contribution in [0.1, 0.15) is 41.1 Å². The molecule has 2 heterocycles. The number of rotatable bonds is 4. The number of benzene rings is 3. The molecule has 5 nitrogen and oxygen atoms in total. The fourth-order valence-electron chi connectivity index (χ4n) is 4.24. The smallest absolute Gasteiger partial charge is 0.258 e. The summed E-state index contributed by atoms with van der Waals surface area (Å²) in [6.45, 7) is 8.33. The van der Waals surface area contributed by atoms with Gasteiger partial charge in [-0.1, -0.05) is 71.4 Å². The van der Waals surface area contributed by atoms with Crippen LogP contribution >= 0.6 is 12.2 Å². The number of nitrogens with zero attached hydrogens (tertiary/aromatic N) is 3. The van der Waals surface area contributed by atoms with Crippen molar-refractivity contribution >= 4 is 28.6 Å². The van der Waals surface area contributed by atoms with Gasteiger partial charge < -0.3 is 9.84 Å². The Kier molecular flexibility index (Phi) is 5.75. The molecule has 1 aliphatic heterocycles. The van der Waals surface area contributed by atoms with Crippen molar-refractivity contribution < 1.29 is 4.52 Å². The summed E-state index contributed by atoms with van der Waals surface area (Å²) < 4.78 is 5.84. The molecular formula is C28H26N4OS. The van der Waals surface area contributed by atoms with Crippen LogP contribution in [0.5, 0.6) is 0 Å². The average Bonchev–Trinajstić information content (AvgIpc) is 3.31. The highest BCUT2D eigenvalue weighted by Crippen LogP contribution is 2.39. The van der Waals surface area contributed by atoms with E-state index in [2.05, 4.69) is 68.5 Å². The van der Waals surface area contributed by atoms with Gasteiger partial charge in [0.15, 0.2) is 5.11 Å². The Morgan fingerprint density at radius 1 is 0.882 bits per heavy atom. The maximum atomic E-state index is 5.85. The summed E-state index contributed by atoms with van der Waals surface area (Å²) in [7, 11) is 0. The second kappa shape index (κ2) is 8.88. The Balaban J connectivity index is 1.65. The van der Waals surface area contributed by atoms with E-state index >= 15 is 0 Å². The van der Waals surface area contributed by atoms with E-state index in [0.29, 0.717) is 16.8 Å². The summed E-state index contributed by atoms with van der Waals surface area (Å²) in [5.41, 5.74) is 8.49. The number of hydrogen-bond donors (Lipinski definition) is 1. The van der Waals surface area contributed by atoms with E-state index in [1.54, 1.807) is 0 Å². The number of nitrogens with one attached hydrogen (secondary N) is 1. The van der Waals surface area contributed by atoms with E-state index in [1.165, 1.54) is 16.7 Å². The molecule has 34 heavy (non-hydrogen) atoms. The van der Waals surface area contributed by atoms with Gasteiger partial charge in [-0.25, -0.2) is 0 Å². The first-order chi connectivity index (χ1) is 16.4. The zero-order valence-electron chi connectivity index (χ0n) is 19.7. The largest absolute Gasteiger partial charge is 0.351 e. The highest BCUT2D eigenvalue weighted by molar-refractivity contribution is 7.80. The van der Waals surface area contributed by atoms with Crippen molar-refractivity contribution in [2.75, 3.05) is 4.90 Å². The summed E-state index contributed by atoms with van der Waals surface area (Å²) >= 11 is 5.85. The number of aryl methyl sites for hydroxylation is 3. The maximum Gasteiger partial charge on any atom is 0.258 e. The Morgan fingerprint density at radius 3 is 2.32 bits per heavy atom. The van der Waals surface area contributed by atoms with Crippen LogP contribution < -0.4 is 10.2 Å². The van der Waals surface area contributed by atoms with Gasteiger partial charge in [0.1, 0.15) is 0 Å². The van der Waals surface area contributed by atoms with Gasteiger partial charge in [-0.05, 0) is 68.7 Å². The quantitative estimate of drug-likeness (QED) is 0.345. The standard InChI is InChI=1S/C28H26N4OS/c1-17-10-13-22(14-11-17)26-30-27(33-31-26)24-20(4)32(23-15-12-18(2)19(3)16-23)28(34)29-25(24)21-8-6-5-7-9-21/h5-16,25H,1-4H3,(H,29,34). The third-order valence-corrected chi connectivity index (χ3v) is 6.63. The summed E-state index contributed by atoms with van der Waals surface area (Å²) in [6.07, 6.45) is 0. The van der Waals surface area contributed by atoms with Gasteiger partial charge in [-0.2, -0.15) is 4.98 Å². The minimum Gasteiger partial charge on any atom is -0.351 e. The molecule has 5 rings (SSSR count). The van der Waals surface area contributed by atoms with Gasteiger partial charge in [0.05, 0.1) is 11.6 Å². The Labute approximate surface area is 205 Å². The lowest BCUT2D eigenvalue weighted by Gasteiger charge is -2.37. The zero-order valence-corrected chi connectivity index (χ0v) is 20.5. The van der Waals surface area contributed by atoms with Crippen molar-refractivity contribution in [3.63, 3.8) is 0 Å². The van der Waals surface area contributed by atoms with E-state index in [0.717, 1.165) is 28.1 Å². The van der Waals surface area contributed by atoms with Gasteiger partial charge in [-0.3, -0.25) is 4.90 Å². The van der Waals surface area contributed by atoms with E-state index < -0.39 is 0 Å². The molecule has 0 aliphatic carbocycles. The molecule has 1 aromatic heterocycles. The lowest BCUT2D eigenvalue weighted by atomic mass is 9.94. The molecule has 170 valence electrons. The molecule has 0 amide bonds. The first kappa shape index (κ1) is 22.0. The monoisotopic (exact) mass is 466 g/mol. The first-order valence-corrected chi connectivity index (χ1v) is 11.7. The number of anilines is 1. The Morgan fingerprint density at radius 2 is 1.62 bits per heavy atom. The SMILES string of the molecule is CC1=C(c2nc(-c3ccc(C)cc3)no2)C(c2ccccc2)NC(=S)N1c1ccc(C)c(C)c1. The van der Waals surface area contributed by atoms with Crippen LogP contribution in [-0.4, -0.2) is 15.3 Å². The molecule has 0 spiro atoms. The molecule has 4 aromatic rings. The molecule has 6 heteroatoms. The highest BCUT2D eigenvalue weighted by atomic mass is 32.1. The Bertz CT molecular complexity index is 1390. The van der Waals surface area contributed by atoms with Crippen molar-refractivity contribution in [1.82, 2.24) is 15.5 Å². The van der Waals surface area contributed by atoms with Crippen LogP contribution in [0.3, 0.4) is 0 Å². The van der Waals surface area contributed by atoms with Crippen LogP contribution in [0, 0.1) is 20.8 Å². The molecule has 0 radical (unpaired) electrons. The molecule has 0 saturated heterocycles. The third kappa shape index (κ3) is 4.01. The maximum absolute atomic E-state index is 5.85. The second-order valence-corrected chi connectivity index (χ2v) is 9.07. The Hall–Kier alpha value is -3.77. The van der Waals surface area contributed by atoms with Crippen molar-refractivity contribution in [2.24, 2.45) is 0 Å². The fourth-order valence-corrected chi connectivity index (χ4v) is 4.60. The minimum absolute atomic E-state index is 0.206. The van der Waals surface area contributed by atoms with Crippen molar-refractivity contribution in [2.45, 2.75) is 33.7 Å². The number of thiocarbonyl (C=S) groups is 1. The van der Waals surface area contributed by atoms with Crippen LogP contribution in [0.2, 0.25) is 0 Å². The number of aromatic nitrogens is 2. The third-order valence-electron chi connectivity index (χ3n) is 6.33. The lowest BCUT2D eigenvalue weighted by molar-refractivity contribution is 0.404. The number of allylic oxidation sites excluding steroid dienone is 1. The summed E-state index contributed by atoms with van der Waals surface area (Å²) in [5, 5.41) is 8.46. The van der Waals surface area contributed by atoms with Crippen LogP contribution in [-0.2, 0) is 0 Å². The van der Waals surface area contributed by atoms with Crippen molar-refractivity contribution in [3.05, 3.63) is 107 Å². The molecule has 1 aliphatic rings. The summed E-state index contributed by atoms with van der Waals surface area (Å²) in [4.78, 5) is 6.85. The molecule has 1 unspecified atom stereocenters. The minimum atomic E-state index is -0.206. The van der Waals surface area contributed by atoms with Crippen LogP contribution in [0.15, 0.2) is 83.0 Å². The summed E-state index contributed by atoms with van der Waals surface area (Å²) in [5.74, 6) is 1.04. The molecule has 1 N–H and O–H groups in total. The van der Waals surface area contributed by atoms with E-state index in [4.69, 9.17) is 21.7 Å². The molecule has 3 aromatic carbocycles. The predicted molar refractivity (Wildman–Crippen MR) is 140 cm³/mol. The van der Waals surface area contributed by atoms with Crippen LogP contribution in [0.4, 0.5) is 5.69 Å². The van der Waals surface area contributed by atoms with Crippen molar-refractivity contribution in [3.8, 4) is 11.4 Å². The van der Waals surface area contributed by atoms with Crippen molar-refractivity contribution in [1.29, 1.82) is 0 Å². The molecular weight excluding hydrogens is 440 g/mol. The van der Waals surface area contributed by atoms with Gasteiger partial charge in [-0.15, -0.1) is 0 Å². The number of hydrogen-bond acceptors (Lipinski definition) is 4. The highest BCUT2D eigenvalue weighted by Gasteiger charge is 2.34. The van der Waals surface area contributed by atoms with Gasteiger partial charge in [0.25, 0.3) is 5.89 Å². The van der Waals surface area contributed by atoms with E-state index in [9.17, 15) is 0 Å². The normalized spacial score (nSPS) is 16.1. The molecule has 0 fully saturated rings. The molecule has 0 saturated carbocycles. The predicted octanol–water partition coefficient (Wildman–Crippen LogP) is 6.53. The zero-order chi connectivity index (χ0) is 23.8. The van der Waals surface area contributed by atoms with Gasteiger partial charge in [0, 0.05) is 16.9 Å². The first-order valence-electron chi connectivity index (χ1n) is 11.3. The van der Waals surface area contributed by atoms with Gasteiger partial charge >= 0.3 is 0 Å². The topological polar surface area (TPSA) is 54.2 Å². The average molecular weight is 467 g/mol.